The molecular formula is C9H7N3S. The van der Waals surface area contributed by atoms with Crippen molar-refractivity contribution in [3.05, 3.63) is 35.5 Å². The van der Waals surface area contributed by atoms with E-state index in [0.717, 1.165) is 10.4 Å². The SMILES string of the molecule is N=Cc1ccsc1-c1ncccn1. The lowest BCUT2D eigenvalue weighted by Crippen LogP contribution is -1.86. The monoisotopic (exact) mass is 189 g/mol. The number of nitrogens with zero attached hydrogens (tertiary/aromatic N) is 2. The molecule has 1 N–H and O–H groups in total. The molecule has 0 saturated carbocycles. The fourth-order valence-electron chi connectivity index (χ4n) is 1.03. The van der Waals surface area contributed by atoms with E-state index in [1.807, 2.05) is 11.4 Å². The Labute approximate surface area is 79.6 Å². The highest BCUT2D eigenvalue weighted by Crippen LogP contribution is 2.24. The molecule has 4 heteroatoms. The number of hydrogen-bond donors (Lipinski definition) is 1. The first kappa shape index (κ1) is 8.07. The van der Waals surface area contributed by atoms with Crippen molar-refractivity contribution in [2.75, 3.05) is 0 Å². The molecule has 2 aromatic rings. The molecule has 13 heavy (non-hydrogen) atoms. The van der Waals surface area contributed by atoms with Gasteiger partial charge in [0.25, 0.3) is 0 Å². The van der Waals surface area contributed by atoms with Crippen LogP contribution in [0.4, 0.5) is 0 Å². The van der Waals surface area contributed by atoms with E-state index in [4.69, 9.17) is 5.41 Å². The molecule has 0 unspecified atom stereocenters. The minimum absolute atomic E-state index is 0.691. The lowest BCUT2D eigenvalue weighted by Gasteiger charge is -1.95. The highest BCUT2D eigenvalue weighted by atomic mass is 32.1. The van der Waals surface area contributed by atoms with Gasteiger partial charge in [-0.25, -0.2) is 9.97 Å². The summed E-state index contributed by atoms with van der Waals surface area (Å²) in [5, 5.41) is 9.11. The quantitative estimate of drug-likeness (QED) is 0.736. The Morgan fingerprint density at radius 1 is 1.31 bits per heavy atom. The topological polar surface area (TPSA) is 49.6 Å². The van der Waals surface area contributed by atoms with Gasteiger partial charge in [-0.1, -0.05) is 0 Å². The van der Waals surface area contributed by atoms with Gasteiger partial charge in [0.1, 0.15) is 0 Å². The number of rotatable bonds is 2. The van der Waals surface area contributed by atoms with Gasteiger partial charge in [0.15, 0.2) is 5.82 Å². The second-order valence-electron chi connectivity index (χ2n) is 2.42. The lowest BCUT2D eigenvalue weighted by molar-refractivity contribution is 1.18. The van der Waals surface area contributed by atoms with Crippen LogP contribution in [0.25, 0.3) is 10.7 Å². The minimum Gasteiger partial charge on any atom is -0.308 e. The van der Waals surface area contributed by atoms with Crippen molar-refractivity contribution in [2.24, 2.45) is 0 Å². The highest BCUT2D eigenvalue weighted by Gasteiger charge is 2.05. The molecule has 0 radical (unpaired) electrons. The van der Waals surface area contributed by atoms with Crippen LogP contribution < -0.4 is 0 Å². The molecule has 2 aromatic heterocycles. The van der Waals surface area contributed by atoms with Crippen LogP contribution in [0.2, 0.25) is 0 Å². The first-order valence-corrected chi connectivity index (χ1v) is 4.65. The van der Waals surface area contributed by atoms with Gasteiger partial charge >= 0.3 is 0 Å². The van der Waals surface area contributed by atoms with Crippen LogP contribution in [-0.2, 0) is 0 Å². The fraction of sp³-hybridized carbons (Fsp3) is 0. The molecule has 0 saturated heterocycles. The van der Waals surface area contributed by atoms with Crippen LogP contribution in [0.3, 0.4) is 0 Å². The van der Waals surface area contributed by atoms with Crippen molar-refractivity contribution in [3.63, 3.8) is 0 Å². The van der Waals surface area contributed by atoms with Gasteiger partial charge in [0, 0.05) is 24.2 Å². The number of hydrogen-bond acceptors (Lipinski definition) is 4. The van der Waals surface area contributed by atoms with E-state index in [1.54, 1.807) is 29.8 Å². The molecule has 0 amide bonds. The van der Waals surface area contributed by atoms with Crippen LogP contribution >= 0.6 is 11.3 Å². The van der Waals surface area contributed by atoms with E-state index >= 15 is 0 Å². The first-order chi connectivity index (χ1) is 6.42. The number of nitrogens with one attached hydrogen (secondary N) is 1. The van der Waals surface area contributed by atoms with Gasteiger partial charge < -0.3 is 5.41 Å². The van der Waals surface area contributed by atoms with Gasteiger partial charge in [-0.05, 0) is 17.5 Å². The fourth-order valence-corrected chi connectivity index (χ4v) is 1.86. The molecular weight excluding hydrogens is 182 g/mol. The van der Waals surface area contributed by atoms with E-state index in [-0.39, 0.29) is 0 Å². The van der Waals surface area contributed by atoms with Crippen LogP contribution in [0.1, 0.15) is 5.56 Å². The Bertz CT molecular complexity index is 408. The molecule has 0 fully saturated rings. The Kier molecular flexibility index (Phi) is 2.14. The first-order valence-electron chi connectivity index (χ1n) is 3.77. The summed E-state index contributed by atoms with van der Waals surface area (Å²) < 4.78 is 0. The average Bonchev–Trinajstić information content (AvgIpc) is 2.67. The summed E-state index contributed by atoms with van der Waals surface area (Å²) in [6, 6.07) is 3.67. The standard InChI is InChI=1S/C9H7N3S/c10-6-7-2-5-13-8(7)9-11-3-1-4-12-9/h1-6,10H. The maximum atomic E-state index is 7.18. The predicted molar refractivity (Wildman–Crippen MR) is 53.2 cm³/mol. The maximum absolute atomic E-state index is 7.18. The Morgan fingerprint density at radius 3 is 2.77 bits per heavy atom. The van der Waals surface area contributed by atoms with E-state index in [2.05, 4.69) is 9.97 Å². The second kappa shape index (κ2) is 3.45. The van der Waals surface area contributed by atoms with Gasteiger partial charge in [0.05, 0.1) is 4.88 Å². The summed E-state index contributed by atoms with van der Waals surface area (Å²) in [6.07, 6.45) is 4.73. The molecule has 0 aromatic carbocycles. The van der Waals surface area contributed by atoms with Crippen LogP contribution in [0.5, 0.6) is 0 Å². The average molecular weight is 189 g/mol. The van der Waals surface area contributed by atoms with E-state index < -0.39 is 0 Å². The Morgan fingerprint density at radius 2 is 2.08 bits per heavy atom. The third-order valence-electron chi connectivity index (χ3n) is 1.62. The summed E-state index contributed by atoms with van der Waals surface area (Å²) in [4.78, 5) is 9.21. The zero-order chi connectivity index (χ0) is 9.10. The summed E-state index contributed by atoms with van der Waals surface area (Å²) in [5.41, 5.74) is 0.871. The summed E-state index contributed by atoms with van der Waals surface area (Å²) in [6.45, 7) is 0. The molecule has 0 atom stereocenters. The molecule has 0 aliphatic carbocycles. The van der Waals surface area contributed by atoms with Crippen molar-refractivity contribution in [2.45, 2.75) is 0 Å². The second-order valence-corrected chi connectivity index (χ2v) is 3.34. The molecule has 3 nitrogen and oxygen atoms in total. The van der Waals surface area contributed by atoms with Crippen molar-refractivity contribution < 1.29 is 0 Å². The van der Waals surface area contributed by atoms with Crippen LogP contribution in [0.15, 0.2) is 29.9 Å². The molecule has 64 valence electrons. The molecule has 0 aliphatic rings. The van der Waals surface area contributed by atoms with E-state index in [0.29, 0.717) is 5.82 Å². The smallest absolute Gasteiger partial charge is 0.170 e. The van der Waals surface area contributed by atoms with Gasteiger partial charge in [-0.3, -0.25) is 0 Å². The summed E-state index contributed by atoms with van der Waals surface area (Å²) in [5.74, 6) is 0.691. The lowest BCUT2D eigenvalue weighted by atomic mass is 10.2. The highest BCUT2D eigenvalue weighted by molar-refractivity contribution is 7.13. The normalized spacial score (nSPS) is 9.85. The van der Waals surface area contributed by atoms with Gasteiger partial charge in [-0.15, -0.1) is 11.3 Å². The van der Waals surface area contributed by atoms with Crippen LogP contribution in [0, 0.1) is 5.41 Å². The van der Waals surface area contributed by atoms with Crippen LogP contribution in [-0.4, -0.2) is 16.2 Å². The third-order valence-corrected chi connectivity index (χ3v) is 2.55. The molecule has 0 bridgehead atoms. The van der Waals surface area contributed by atoms with Gasteiger partial charge in [0.2, 0.25) is 0 Å². The largest absolute Gasteiger partial charge is 0.308 e. The zero-order valence-electron chi connectivity index (χ0n) is 6.77. The maximum Gasteiger partial charge on any atom is 0.170 e. The molecule has 2 rings (SSSR count). The van der Waals surface area contributed by atoms with Crippen molar-refractivity contribution >= 4 is 17.6 Å². The Hall–Kier alpha value is -1.55. The Balaban J connectivity index is 2.52. The van der Waals surface area contributed by atoms with E-state index in [9.17, 15) is 0 Å². The van der Waals surface area contributed by atoms with Crippen molar-refractivity contribution in [1.82, 2.24) is 9.97 Å². The predicted octanol–water partition coefficient (Wildman–Crippen LogP) is 2.20. The number of aromatic nitrogens is 2. The van der Waals surface area contributed by atoms with Crippen molar-refractivity contribution in [1.29, 1.82) is 5.41 Å². The zero-order valence-corrected chi connectivity index (χ0v) is 7.58. The molecule has 0 spiro atoms. The molecule has 0 aliphatic heterocycles. The third kappa shape index (κ3) is 1.48. The molecule has 2 heterocycles. The van der Waals surface area contributed by atoms with Crippen molar-refractivity contribution in [3.8, 4) is 10.7 Å². The minimum atomic E-state index is 0.691. The summed E-state index contributed by atoms with van der Waals surface area (Å²) in [7, 11) is 0. The number of thiophene rings is 1. The summed E-state index contributed by atoms with van der Waals surface area (Å²) >= 11 is 1.55. The van der Waals surface area contributed by atoms with Gasteiger partial charge in [-0.2, -0.15) is 0 Å². The van der Waals surface area contributed by atoms with E-state index in [1.165, 1.54) is 6.21 Å².